The van der Waals surface area contributed by atoms with E-state index in [0.717, 1.165) is 11.6 Å². The van der Waals surface area contributed by atoms with Gasteiger partial charge in [-0.05, 0) is 18.6 Å². The van der Waals surface area contributed by atoms with E-state index in [1.54, 1.807) is 0 Å². The van der Waals surface area contributed by atoms with E-state index in [2.05, 4.69) is 5.32 Å². The number of hydrogen-bond acceptors (Lipinski definition) is 5. The van der Waals surface area contributed by atoms with Crippen LogP contribution in [-0.4, -0.2) is 23.7 Å². The zero-order valence-electron chi connectivity index (χ0n) is 13.0. The second kappa shape index (κ2) is 7.87. The fourth-order valence-electron chi connectivity index (χ4n) is 2.12. The van der Waals surface area contributed by atoms with Crippen LogP contribution < -0.4 is 10.1 Å². The Bertz CT molecular complexity index is 746. The number of ether oxygens (including phenoxy) is 1. The molecule has 0 aliphatic carbocycles. The molecule has 24 heavy (non-hydrogen) atoms. The van der Waals surface area contributed by atoms with Gasteiger partial charge < -0.3 is 10.1 Å². The molecule has 7 heteroatoms. The van der Waals surface area contributed by atoms with Crippen LogP contribution in [0.2, 0.25) is 0 Å². The molecule has 0 radical (unpaired) electrons. The first-order valence-electron chi connectivity index (χ1n) is 7.22. The molecule has 0 aliphatic heterocycles. The van der Waals surface area contributed by atoms with Gasteiger partial charge >= 0.3 is 0 Å². The Hall–Kier alpha value is -3.22. The van der Waals surface area contributed by atoms with Crippen molar-refractivity contribution >= 4 is 17.9 Å². The van der Waals surface area contributed by atoms with E-state index in [1.165, 1.54) is 12.1 Å². The highest BCUT2D eigenvalue weighted by Crippen LogP contribution is 2.22. The molecule has 0 aliphatic rings. The Morgan fingerprint density at radius 2 is 2.00 bits per heavy atom. The Labute approximate surface area is 138 Å². The number of nitrogens with zero attached hydrogens (tertiary/aromatic N) is 1. The summed E-state index contributed by atoms with van der Waals surface area (Å²) in [5.41, 5.74) is 0.759. The number of nitro groups is 1. The Morgan fingerprint density at radius 3 is 2.62 bits per heavy atom. The Balaban J connectivity index is 1.96. The van der Waals surface area contributed by atoms with E-state index in [0.29, 0.717) is 6.29 Å². The van der Waals surface area contributed by atoms with Crippen molar-refractivity contribution in [2.24, 2.45) is 0 Å². The van der Waals surface area contributed by atoms with Gasteiger partial charge in [0, 0.05) is 12.1 Å². The van der Waals surface area contributed by atoms with Crippen LogP contribution in [0.25, 0.3) is 0 Å². The molecule has 0 fully saturated rings. The van der Waals surface area contributed by atoms with E-state index in [9.17, 15) is 19.7 Å². The third-order valence-corrected chi connectivity index (χ3v) is 3.37. The van der Waals surface area contributed by atoms with Crippen molar-refractivity contribution in [2.45, 2.75) is 13.0 Å². The number of aldehydes is 1. The summed E-state index contributed by atoms with van der Waals surface area (Å²) in [5.74, 6) is -0.236. The van der Waals surface area contributed by atoms with E-state index in [-0.39, 0.29) is 35.6 Å². The molecule has 2 aromatic rings. The van der Waals surface area contributed by atoms with Crippen molar-refractivity contribution < 1.29 is 19.2 Å². The predicted octanol–water partition coefficient (Wildman–Crippen LogP) is 2.66. The quantitative estimate of drug-likeness (QED) is 0.478. The minimum Gasteiger partial charge on any atom is -0.483 e. The highest BCUT2D eigenvalue weighted by molar-refractivity contribution is 5.82. The van der Waals surface area contributed by atoms with Crippen molar-refractivity contribution in [3.8, 4) is 5.75 Å². The Kier molecular flexibility index (Phi) is 5.62. The van der Waals surface area contributed by atoms with Crippen LogP contribution in [0.4, 0.5) is 5.69 Å². The van der Waals surface area contributed by atoms with Crippen LogP contribution in [0.1, 0.15) is 28.9 Å². The number of amides is 1. The van der Waals surface area contributed by atoms with Crippen LogP contribution in [-0.2, 0) is 4.79 Å². The number of benzene rings is 2. The minimum atomic E-state index is -0.606. The summed E-state index contributed by atoms with van der Waals surface area (Å²) in [6.07, 6.45) is 0.451. The van der Waals surface area contributed by atoms with E-state index in [1.807, 2.05) is 37.3 Å². The third kappa shape index (κ3) is 4.39. The van der Waals surface area contributed by atoms with Crippen LogP contribution >= 0.6 is 0 Å². The van der Waals surface area contributed by atoms with Crippen molar-refractivity contribution in [3.05, 3.63) is 69.8 Å². The molecule has 0 heterocycles. The molecule has 0 unspecified atom stereocenters. The molecule has 2 aromatic carbocycles. The molecule has 124 valence electrons. The van der Waals surface area contributed by atoms with Gasteiger partial charge in [0.25, 0.3) is 11.6 Å². The zero-order chi connectivity index (χ0) is 17.5. The smallest absolute Gasteiger partial charge is 0.270 e. The third-order valence-electron chi connectivity index (χ3n) is 3.37. The standard InChI is InChI=1S/C17H16N2O5/c1-12(13-5-3-2-4-6-13)18-17(21)11-24-16-8-7-15(19(22)23)9-14(16)10-20/h2-10,12H,11H2,1H3,(H,18,21)/t12-/m1/s1. The Morgan fingerprint density at radius 1 is 1.29 bits per heavy atom. The first-order chi connectivity index (χ1) is 11.5. The molecule has 0 spiro atoms. The monoisotopic (exact) mass is 328 g/mol. The molecular weight excluding hydrogens is 312 g/mol. The number of nitrogens with one attached hydrogen (secondary N) is 1. The van der Waals surface area contributed by atoms with Crippen LogP contribution in [0, 0.1) is 10.1 Å². The number of carbonyl (C=O) groups excluding carboxylic acids is 2. The molecule has 1 atom stereocenters. The second-order valence-electron chi connectivity index (χ2n) is 5.09. The maximum atomic E-state index is 11.9. The highest BCUT2D eigenvalue weighted by atomic mass is 16.6. The number of hydrogen-bond donors (Lipinski definition) is 1. The van der Waals surface area contributed by atoms with Crippen molar-refractivity contribution in [3.63, 3.8) is 0 Å². The molecule has 0 bridgehead atoms. The average Bonchev–Trinajstić information content (AvgIpc) is 2.60. The number of rotatable bonds is 7. The molecule has 1 N–H and O–H groups in total. The molecular formula is C17H16N2O5. The predicted molar refractivity (Wildman–Crippen MR) is 87.0 cm³/mol. The highest BCUT2D eigenvalue weighted by Gasteiger charge is 2.14. The van der Waals surface area contributed by atoms with E-state index >= 15 is 0 Å². The van der Waals surface area contributed by atoms with Gasteiger partial charge in [-0.2, -0.15) is 0 Å². The molecule has 1 amide bonds. The van der Waals surface area contributed by atoms with Crippen LogP contribution in [0.5, 0.6) is 5.75 Å². The lowest BCUT2D eigenvalue weighted by Gasteiger charge is -2.15. The summed E-state index contributed by atoms with van der Waals surface area (Å²) in [7, 11) is 0. The lowest BCUT2D eigenvalue weighted by molar-refractivity contribution is -0.384. The van der Waals surface area contributed by atoms with E-state index in [4.69, 9.17) is 4.74 Å². The first kappa shape index (κ1) is 17.1. The molecule has 7 nitrogen and oxygen atoms in total. The van der Waals surface area contributed by atoms with Gasteiger partial charge in [0.05, 0.1) is 16.5 Å². The van der Waals surface area contributed by atoms with Crippen molar-refractivity contribution in [2.75, 3.05) is 6.61 Å². The van der Waals surface area contributed by atoms with Gasteiger partial charge in [-0.1, -0.05) is 30.3 Å². The largest absolute Gasteiger partial charge is 0.483 e. The zero-order valence-corrected chi connectivity index (χ0v) is 13.0. The topological polar surface area (TPSA) is 98.5 Å². The number of carbonyl (C=O) groups is 2. The fourth-order valence-corrected chi connectivity index (χ4v) is 2.12. The lowest BCUT2D eigenvalue weighted by atomic mass is 10.1. The minimum absolute atomic E-state index is 0.0214. The number of nitro benzene ring substituents is 1. The summed E-state index contributed by atoms with van der Waals surface area (Å²) in [5, 5.41) is 13.5. The maximum Gasteiger partial charge on any atom is 0.270 e. The van der Waals surface area contributed by atoms with E-state index < -0.39 is 4.92 Å². The van der Waals surface area contributed by atoms with Gasteiger partial charge in [-0.25, -0.2) is 0 Å². The van der Waals surface area contributed by atoms with Crippen molar-refractivity contribution in [1.29, 1.82) is 0 Å². The number of non-ortho nitro benzene ring substituents is 1. The maximum absolute atomic E-state index is 11.9. The summed E-state index contributed by atoms with van der Waals surface area (Å²) in [6, 6.07) is 12.9. The summed E-state index contributed by atoms with van der Waals surface area (Å²) < 4.78 is 5.30. The summed E-state index contributed by atoms with van der Waals surface area (Å²) in [4.78, 5) is 33.0. The molecule has 0 aromatic heterocycles. The second-order valence-corrected chi connectivity index (χ2v) is 5.09. The summed E-state index contributed by atoms with van der Waals surface area (Å²) in [6.45, 7) is 1.55. The van der Waals surface area contributed by atoms with Gasteiger partial charge in [-0.15, -0.1) is 0 Å². The van der Waals surface area contributed by atoms with Crippen LogP contribution in [0.3, 0.4) is 0 Å². The van der Waals surface area contributed by atoms with Crippen molar-refractivity contribution in [1.82, 2.24) is 5.32 Å². The summed E-state index contributed by atoms with van der Waals surface area (Å²) >= 11 is 0. The lowest BCUT2D eigenvalue weighted by Crippen LogP contribution is -2.31. The molecule has 0 saturated heterocycles. The van der Waals surface area contributed by atoms with Crippen LogP contribution in [0.15, 0.2) is 48.5 Å². The van der Waals surface area contributed by atoms with Gasteiger partial charge in [-0.3, -0.25) is 19.7 Å². The SMILES string of the molecule is C[C@@H](NC(=O)COc1ccc([N+](=O)[O-])cc1C=O)c1ccccc1. The molecule has 0 saturated carbocycles. The fraction of sp³-hybridized carbons (Fsp3) is 0.176. The van der Waals surface area contributed by atoms with Gasteiger partial charge in [0.2, 0.25) is 0 Å². The molecule has 2 rings (SSSR count). The van der Waals surface area contributed by atoms with Gasteiger partial charge in [0.15, 0.2) is 12.9 Å². The first-order valence-corrected chi connectivity index (χ1v) is 7.22. The normalized spacial score (nSPS) is 11.4. The van der Waals surface area contributed by atoms with Gasteiger partial charge in [0.1, 0.15) is 5.75 Å². The average molecular weight is 328 g/mol.